The molecule has 0 spiro atoms. The summed E-state index contributed by atoms with van der Waals surface area (Å²) in [5, 5.41) is 3.58. The average Bonchev–Trinajstić information content (AvgIpc) is 3.18. The number of nitrogens with two attached hydrogens (primary N) is 2. The Morgan fingerprint density at radius 3 is 2.72 bits per heavy atom. The van der Waals surface area contributed by atoms with Gasteiger partial charge in [-0.05, 0) is 62.4 Å². The van der Waals surface area contributed by atoms with Crippen LogP contribution < -0.4 is 16.3 Å². The zero-order valence-electron chi connectivity index (χ0n) is 18.7. The molecule has 0 saturated heterocycles. The van der Waals surface area contributed by atoms with E-state index in [0.717, 1.165) is 42.0 Å². The number of hydrogen-bond donors (Lipinski definition) is 2. The highest BCUT2D eigenvalue weighted by Gasteiger charge is 2.17. The van der Waals surface area contributed by atoms with Crippen molar-refractivity contribution in [1.29, 1.82) is 0 Å². The molecule has 0 amide bonds. The van der Waals surface area contributed by atoms with E-state index in [2.05, 4.69) is 36.3 Å². The van der Waals surface area contributed by atoms with E-state index in [1.54, 1.807) is 0 Å². The van der Waals surface area contributed by atoms with E-state index in [1.165, 1.54) is 22.3 Å². The Morgan fingerprint density at radius 2 is 1.94 bits per heavy atom. The number of benzene rings is 2. The largest absolute Gasteiger partial charge is 0.493 e. The molecule has 0 saturated carbocycles. The molecule has 0 fully saturated rings. The summed E-state index contributed by atoms with van der Waals surface area (Å²) in [5.74, 6) is 8.17. The highest BCUT2D eigenvalue weighted by molar-refractivity contribution is 5.83. The maximum atomic E-state index is 6.21. The minimum absolute atomic E-state index is 0.471. The topological polar surface area (TPSA) is 99.7 Å². The number of aromatic nitrogens is 1. The summed E-state index contributed by atoms with van der Waals surface area (Å²) in [6, 6.07) is 14.4. The summed E-state index contributed by atoms with van der Waals surface area (Å²) in [6.07, 6.45) is 6.41. The predicted molar refractivity (Wildman–Crippen MR) is 128 cm³/mol. The molecule has 6 nitrogen and oxygen atoms in total. The normalized spacial score (nSPS) is 13.6. The van der Waals surface area contributed by atoms with Crippen molar-refractivity contribution in [2.75, 3.05) is 6.61 Å². The Morgan fingerprint density at radius 1 is 1.12 bits per heavy atom. The van der Waals surface area contributed by atoms with Crippen molar-refractivity contribution < 1.29 is 9.15 Å². The Balaban J connectivity index is 1.42. The van der Waals surface area contributed by atoms with Crippen LogP contribution in [0.2, 0.25) is 0 Å². The molecular formula is C26H30N4O2. The summed E-state index contributed by atoms with van der Waals surface area (Å²) in [7, 11) is 0. The third-order valence-corrected chi connectivity index (χ3v) is 5.87. The second kappa shape index (κ2) is 9.73. The van der Waals surface area contributed by atoms with Crippen LogP contribution in [-0.4, -0.2) is 17.4 Å². The van der Waals surface area contributed by atoms with Crippen LogP contribution in [0.25, 0.3) is 17.0 Å². The summed E-state index contributed by atoms with van der Waals surface area (Å²) >= 11 is 0. The first-order valence-electron chi connectivity index (χ1n) is 11.0. The smallest absolute Gasteiger partial charge is 0.226 e. The lowest BCUT2D eigenvalue weighted by molar-refractivity contribution is 0.316. The molecular weight excluding hydrogens is 400 g/mol. The maximum Gasteiger partial charge on any atom is 0.226 e. The summed E-state index contributed by atoms with van der Waals surface area (Å²) in [4.78, 5) is 4.70. The van der Waals surface area contributed by atoms with E-state index in [4.69, 9.17) is 25.7 Å². The molecule has 0 atom stereocenters. The molecule has 4 N–H and O–H groups in total. The van der Waals surface area contributed by atoms with E-state index < -0.39 is 0 Å². The molecule has 6 heteroatoms. The van der Waals surface area contributed by atoms with Crippen LogP contribution >= 0.6 is 0 Å². The second-order valence-electron chi connectivity index (χ2n) is 8.16. The van der Waals surface area contributed by atoms with Crippen LogP contribution in [0.3, 0.4) is 0 Å². The van der Waals surface area contributed by atoms with Crippen molar-refractivity contribution in [3.8, 4) is 17.2 Å². The Hall–Kier alpha value is -3.54. The number of oxazole rings is 1. The first-order valence-corrected chi connectivity index (χ1v) is 11.0. The van der Waals surface area contributed by atoms with Crippen molar-refractivity contribution in [3.05, 3.63) is 76.7 Å². The van der Waals surface area contributed by atoms with Gasteiger partial charge in [0.1, 0.15) is 17.3 Å². The molecule has 0 bridgehead atoms. The number of hydrazone groups is 1. The molecule has 1 heterocycles. The Kier molecular flexibility index (Phi) is 6.59. The van der Waals surface area contributed by atoms with E-state index in [-0.39, 0.29) is 0 Å². The van der Waals surface area contributed by atoms with Crippen molar-refractivity contribution in [2.24, 2.45) is 16.7 Å². The van der Waals surface area contributed by atoms with Crippen molar-refractivity contribution in [3.63, 3.8) is 0 Å². The molecule has 3 aromatic rings. The monoisotopic (exact) mass is 430 g/mol. The van der Waals surface area contributed by atoms with Gasteiger partial charge in [0, 0.05) is 24.0 Å². The molecule has 0 unspecified atom stereocenters. The van der Waals surface area contributed by atoms with E-state index in [0.29, 0.717) is 31.2 Å². The lowest BCUT2D eigenvalue weighted by Crippen LogP contribution is -2.14. The zero-order chi connectivity index (χ0) is 22.5. The number of aryl methyl sites for hydroxylation is 2. The minimum atomic E-state index is 0.471. The first-order chi connectivity index (χ1) is 15.5. The predicted octanol–water partition coefficient (Wildman–Crippen LogP) is 4.92. The minimum Gasteiger partial charge on any atom is -0.493 e. The number of allylic oxidation sites excluding steroid dienone is 2. The number of hydrogen-bond acceptors (Lipinski definition) is 5. The van der Waals surface area contributed by atoms with Gasteiger partial charge >= 0.3 is 0 Å². The van der Waals surface area contributed by atoms with Gasteiger partial charge in [0.15, 0.2) is 0 Å². The fourth-order valence-electron chi connectivity index (χ4n) is 4.06. The van der Waals surface area contributed by atoms with Gasteiger partial charge in [0.05, 0.1) is 12.3 Å². The first kappa shape index (κ1) is 21.7. The average molecular weight is 431 g/mol. The molecule has 2 aromatic carbocycles. The lowest BCUT2D eigenvalue weighted by atomic mass is 9.88. The standard InChI is InChI=1S/C26H30N4O2/c1-17-9-11-20(12-10-17)26-29-23(18(2)32-26)15-16-31-24-8-4-6-21-19(5-3-7-22(21)24)13-14-25(27)30-28/h4-6,8-12H,3,7,13-16,28H2,1-2H3,(H2,27,30). The summed E-state index contributed by atoms with van der Waals surface area (Å²) in [5.41, 5.74) is 12.7. The maximum absolute atomic E-state index is 6.21. The highest BCUT2D eigenvalue weighted by Crippen LogP contribution is 2.35. The van der Waals surface area contributed by atoms with Crippen LogP contribution in [0.15, 0.2) is 58.1 Å². The van der Waals surface area contributed by atoms with E-state index in [1.807, 2.05) is 31.2 Å². The van der Waals surface area contributed by atoms with Crippen LogP contribution in [0.4, 0.5) is 0 Å². The number of ether oxygens (including phenoxy) is 1. The van der Waals surface area contributed by atoms with Crippen LogP contribution in [0, 0.1) is 13.8 Å². The molecule has 0 radical (unpaired) electrons. The number of fused-ring (bicyclic) bond motifs is 1. The van der Waals surface area contributed by atoms with Gasteiger partial charge in [-0.1, -0.05) is 35.9 Å². The molecule has 1 aromatic heterocycles. The molecule has 166 valence electrons. The quantitative estimate of drug-likeness (QED) is 0.229. The highest BCUT2D eigenvalue weighted by atomic mass is 16.5. The van der Waals surface area contributed by atoms with Gasteiger partial charge in [0.2, 0.25) is 5.89 Å². The van der Waals surface area contributed by atoms with Gasteiger partial charge < -0.3 is 20.7 Å². The zero-order valence-corrected chi connectivity index (χ0v) is 18.7. The third kappa shape index (κ3) is 4.85. The van der Waals surface area contributed by atoms with Crippen molar-refractivity contribution in [2.45, 2.75) is 46.0 Å². The SMILES string of the molecule is Cc1ccc(-c2nc(CCOc3cccc4c3CCC=C4CCC(N)=NN)c(C)o2)cc1. The van der Waals surface area contributed by atoms with Crippen molar-refractivity contribution in [1.82, 2.24) is 4.98 Å². The molecule has 1 aliphatic rings. The Bertz CT molecular complexity index is 1140. The summed E-state index contributed by atoms with van der Waals surface area (Å²) in [6.45, 7) is 4.57. The Labute approximate surface area is 189 Å². The number of amidine groups is 1. The molecule has 1 aliphatic carbocycles. The van der Waals surface area contributed by atoms with Gasteiger partial charge in [0.25, 0.3) is 0 Å². The van der Waals surface area contributed by atoms with Gasteiger partial charge in [-0.3, -0.25) is 0 Å². The summed E-state index contributed by atoms with van der Waals surface area (Å²) < 4.78 is 12.1. The third-order valence-electron chi connectivity index (χ3n) is 5.87. The van der Waals surface area contributed by atoms with Crippen molar-refractivity contribution >= 4 is 11.4 Å². The molecule has 0 aliphatic heterocycles. The second-order valence-corrected chi connectivity index (χ2v) is 8.16. The fourth-order valence-corrected chi connectivity index (χ4v) is 4.06. The van der Waals surface area contributed by atoms with Gasteiger partial charge in [-0.25, -0.2) is 4.98 Å². The number of rotatable bonds is 8. The van der Waals surface area contributed by atoms with E-state index >= 15 is 0 Å². The number of nitrogens with zero attached hydrogens (tertiary/aromatic N) is 2. The van der Waals surface area contributed by atoms with Gasteiger partial charge in [-0.15, -0.1) is 0 Å². The molecule has 4 rings (SSSR count). The fraction of sp³-hybridized carbons (Fsp3) is 0.308. The van der Waals surface area contributed by atoms with E-state index in [9.17, 15) is 0 Å². The van der Waals surface area contributed by atoms with Crippen LogP contribution in [0.1, 0.15) is 47.4 Å². The van der Waals surface area contributed by atoms with Gasteiger partial charge in [-0.2, -0.15) is 5.10 Å². The lowest BCUT2D eigenvalue weighted by Gasteiger charge is -2.21. The molecule has 32 heavy (non-hydrogen) atoms. The van der Waals surface area contributed by atoms with Crippen LogP contribution in [0.5, 0.6) is 5.75 Å². The van der Waals surface area contributed by atoms with Crippen LogP contribution in [-0.2, 0) is 12.8 Å².